The van der Waals surface area contributed by atoms with Crippen molar-refractivity contribution >= 4 is 17.6 Å². The lowest BCUT2D eigenvalue weighted by atomic mass is 10.1. The van der Waals surface area contributed by atoms with Gasteiger partial charge in [-0.3, -0.25) is 14.5 Å². The highest BCUT2D eigenvalue weighted by atomic mass is 16.5. The quantitative estimate of drug-likeness (QED) is 0.656. The zero-order valence-electron chi connectivity index (χ0n) is 16.9. The predicted octanol–water partition coefficient (Wildman–Crippen LogP) is 3.15. The lowest BCUT2D eigenvalue weighted by molar-refractivity contribution is -0.119. The minimum Gasteiger partial charge on any atom is -0.494 e. The monoisotopic (exact) mass is 404 g/mol. The number of nitrogens with one attached hydrogen (secondary N) is 1. The molecule has 154 valence electrons. The molecule has 7 nitrogen and oxygen atoms in total. The Balaban J connectivity index is 1.39. The van der Waals surface area contributed by atoms with Crippen LogP contribution in [0.3, 0.4) is 0 Å². The Labute approximate surface area is 175 Å². The smallest absolute Gasteiger partial charge is 0.251 e. The molecule has 2 heterocycles. The van der Waals surface area contributed by atoms with Gasteiger partial charge in [0, 0.05) is 30.2 Å². The van der Waals surface area contributed by atoms with E-state index >= 15 is 0 Å². The molecule has 1 N–H and O–H groups in total. The number of hydrogen-bond donors (Lipinski definition) is 1. The molecule has 0 radical (unpaired) electrons. The van der Waals surface area contributed by atoms with Crippen molar-refractivity contribution in [3.05, 3.63) is 77.5 Å². The molecule has 0 saturated heterocycles. The largest absolute Gasteiger partial charge is 0.494 e. The summed E-state index contributed by atoms with van der Waals surface area (Å²) in [5, 5.41) is 7.18. The number of rotatable bonds is 7. The third kappa shape index (κ3) is 4.20. The van der Waals surface area contributed by atoms with Gasteiger partial charge in [-0.1, -0.05) is 30.3 Å². The maximum atomic E-state index is 12.5. The van der Waals surface area contributed by atoms with Crippen molar-refractivity contribution in [3.63, 3.8) is 0 Å². The number of aryl methyl sites for hydroxylation is 1. The Kier molecular flexibility index (Phi) is 5.79. The van der Waals surface area contributed by atoms with Crippen LogP contribution >= 0.6 is 0 Å². The van der Waals surface area contributed by atoms with Gasteiger partial charge in [0.1, 0.15) is 11.6 Å². The third-order valence-electron chi connectivity index (χ3n) is 5.08. The van der Waals surface area contributed by atoms with Gasteiger partial charge in [-0.2, -0.15) is 5.10 Å². The fraction of sp³-hybridized carbons (Fsp3) is 0.261. The number of ether oxygens (including phenoxy) is 1. The van der Waals surface area contributed by atoms with Gasteiger partial charge < -0.3 is 10.1 Å². The van der Waals surface area contributed by atoms with Crippen molar-refractivity contribution in [2.75, 3.05) is 11.5 Å². The van der Waals surface area contributed by atoms with Crippen LogP contribution < -0.4 is 15.0 Å². The Morgan fingerprint density at radius 3 is 2.73 bits per heavy atom. The topological polar surface area (TPSA) is 76.5 Å². The van der Waals surface area contributed by atoms with Crippen LogP contribution in [0.5, 0.6) is 5.75 Å². The number of para-hydroxylation sites is 1. The predicted molar refractivity (Wildman–Crippen MR) is 113 cm³/mol. The minimum atomic E-state index is -0.153. The minimum absolute atomic E-state index is 0.0813. The van der Waals surface area contributed by atoms with Crippen LogP contribution in [0.2, 0.25) is 0 Å². The number of nitrogens with zero attached hydrogens (tertiary/aromatic N) is 3. The molecule has 1 aliphatic rings. The molecule has 3 aromatic rings. The summed E-state index contributed by atoms with van der Waals surface area (Å²) >= 11 is 0. The molecule has 0 saturated carbocycles. The van der Waals surface area contributed by atoms with Crippen LogP contribution in [-0.2, 0) is 24.4 Å². The van der Waals surface area contributed by atoms with Gasteiger partial charge in [0.15, 0.2) is 0 Å². The lowest BCUT2D eigenvalue weighted by Gasteiger charge is -2.27. The van der Waals surface area contributed by atoms with Crippen LogP contribution in [0.4, 0.5) is 5.82 Å². The molecule has 1 aliphatic heterocycles. The van der Waals surface area contributed by atoms with E-state index in [4.69, 9.17) is 4.74 Å². The van der Waals surface area contributed by atoms with Crippen molar-refractivity contribution in [2.45, 2.75) is 33.0 Å². The molecule has 1 aromatic heterocycles. The number of hydrogen-bond acceptors (Lipinski definition) is 4. The molecule has 0 spiro atoms. The molecule has 0 unspecified atom stereocenters. The van der Waals surface area contributed by atoms with E-state index in [1.807, 2.05) is 54.1 Å². The summed E-state index contributed by atoms with van der Waals surface area (Å²) in [5.41, 5.74) is 2.46. The van der Waals surface area contributed by atoms with Gasteiger partial charge in [0.25, 0.3) is 5.91 Å². The zero-order valence-corrected chi connectivity index (χ0v) is 16.9. The van der Waals surface area contributed by atoms with E-state index in [-0.39, 0.29) is 11.8 Å². The molecular weight excluding hydrogens is 380 g/mol. The van der Waals surface area contributed by atoms with E-state index in [0.717, 1.165) is 22.7 Å². The van der Waals surface area contributed by atoms with Gasteiger partial charge >= 0.3 is 0 Å². The fourth-order valence-electron chi connectivity index (χ4n) is 3.53. The van der Waals surface area contributed by atoms with Crippen molar-refractivity contribution < 1.29 is 14.3 Å². The SMILES string of the molecule is CCOc1ccccc1CNC(=O)c1ccc(CN2C(=O)CCn3nccc32)cc1. The summed E-state index contributed by atoms with van der Waals surface area (Å²) in [6.07, 6.45) is 2.15. The second kappa shape index (κ2) is 8.82. The maximum Gasteiger partial charge on any atom is 0.251 e. The summed E-state index contributed by atoms with van der Waals surface area (Å²) in [5.74, 6) is 1.51. The van der Waals surface area contributed by atoms with E-state index in [1.54, 1.807) is 23.2 Å². The Morgan fingerprint density at radius 2 is 1.93 bits per heavy atom. The normalized spacial score (nSPS) is 13.1. The van der Waals surface area contributed by atoms with Gasteiger partial charge in [0.05, 0.1) is 25.9 Å². The Hall–Kier alpha value is -3.61. The molecule has 0 aliphatic carbocycles. The van der Waals surface area contributed by atoms with Gasteiger partial charge in [-0.15, -0.1) is 0 Å². The van der Waals surface area contributed by atoms with Gasteiger partial charge in [-0.25, -0.2) is 4.68 Å². The highest BCUT2D eigenvalue weighted by molar-refractivity contribution is 5.95. The standard InChI is InChI=1S/C23H24N4O3/c1-2-30-20-6-4-3-5-19(20)15-24-23(29)18-9-7-17(8-10-18)16-26-21-11-13-25-27(21)14-12-22(26)28/h3-11,13H,2,12,14-16H2,1H3,(H,24,29). The van der Waals surface area contributed by atoms with E-state index in [9.17, 15) is 9.59 Å². The first kappa shape index (κ1) is 19.7. The number of carbonyl (C=O) groups is 2. The van der Waals surface area contributed by atoms with Gasteiger partial charge in [-0.05, 0) is 30.7 Å². The molecule has 30 heavy (non-hydrogen) atoms. The number of anilines is 1. The van der Waals surface area contributed by atoms with Crippen molar-refractivity contribution in [2.24, 2.45) is 0 Å². The highest BCUT2D eigenvalue weighted by Crippen LogP contribution is 2.23. The molecule has 7 heteroatoms. The first-order valence-corrected chi connectivity index (χ1v) is 10.1. The van der Waals surface area contributed by atoms with Crippen LogP contribution in [0, 0.1) is 0 Å². The third-order valence-corrected chi connectivity index (χ3v) is 5.08. The molecule has 2 amide bonds. The van der Waals surface area contributed by atoms with Crippen LogP contribution in [0.15, 0.2) is 60.8 Å². The van der Waals surface area contributed by atoms with Crippen molar-refractivity contribution in [3.8, 4) is 5.75 Å². The number of carbonyl (C=O) groups excluding carboxylic acids is 2. The second-order valence-corrected chi connectivity index (χ2v) is 7.06. The molecule has 2 aromatic carbocycles. The first-order chi connectivity index (χ1) is 14.7. The second-order valence-electron chi connectivity index (χ2n) is 7.06. The fourth-order valence-corrected chi connectivity index (χ4v) is 3.53. The highest BCUT2D eigenvalue weighted by Gasteiger charge is 2.24. The van der Waals surface area contributed by atoms with Crippen molar-refractivity contribution in [1.29, 1.82) is 0 Å². The molecule has 0 atom stereocenters. The Morgan fingerprint density at radius 1 is 1.13 bits per heavy atom. The number of benzene rings is 2. The van der Waals surface area contributed by atoms with E-state index in [1.165, 1.54) is 0 Å². The summed E-state index contributed by atoms with van der Waals surface area (Å²) < 4.78 is 7.44. The summed E-state index contributed by atoms with van der Waals surface area (Å²) in [6, 6.07) is 16.8. The number of amides is 2. The molecule has 0 fully saturated rings. The van der Waals surface area contributed by atoms with Gasteiger partial charge in [0.2, 0.25) is 5.91 Å². The summed E-state index contributed by atoms with van der Waals surface area (Å²) in [7, 11) is 0. The summed E-state index contributed by atoms with van der Waals surface area (Å²) in [6.45, 7) is 3.97. The van der Waals surface area contributed by atoms with E-state index in [0.29, 0.717) is 38.2 Å². The maximum absolute atomic E-state index is 12.5. The summed E-state index contributed by atoms with van der Waals surface area (Å²) in [4.78, 5) is 26.6. The molecular formula is C23H24N4O3. The van der Waals surface area contributed by atoms with Crippen LogP contribution in [0.1, 0.15) is 34.8 Å². The lowest BCUT2D eigenvalue weighted by Crippen LogP contribution is -2.36. The van der Waals surface area contributed by atoms with Crippen LogP contribution in [0.25, 0.3) is 0 Å². The van der Waals surface area contributed by atoms with Crippen LogP contribution in [-0.4, -0.2) is 28.2 Å². The Bertz CT molecular complexity index is 1040. The average molecular weight is 404 g/mol. The zero-order chi connectivity index (χ0) is 20.9. The molecule has 4 rings (SSSR count). The number of fused-ring (bicyclic) bond motifs is 1. The molecule has 0 bridgehead atoms. The van der Waals surface area contributed by atoms with E-state index in [2.05, 4.69) is 10.4 Å². The van der Waals surface area contributed by atoms with Crippen molar-refractivity contribution in [1.82, 2.24) is 15.1 Å². The van der Waals surface area contributed by atoms with E-state index < -0.39 is 0 Å². The number of aromatic nitrogens is 2. The average Bonchev–Trinajstić information content (AvgIpc) is 3.25. The first-order valence-electron chi connectivity index (χ1n) is 10.1.